The number of unbranched alkanes of at least 4 members (excludes halogenated alkanes) is 1. The van der Waals surface area contributed by atoms with Gasteiger partial charge in [0.25, 0.3) is 0 Å². The number of hydrogen-bond acceptors (Lipinski definition) is 2. The van der Waals surface area contributed by atoms with Crippen molar-refractivity contribution in [1.82, 2.24) is 10.6 Å². The van der Waals surface area contributed by atoms with Crippen molar-refractivity contribution in [1.29, 1.82) is 0 Å². The van der Waals surface area contributed by atoms with Gasteiger partial charge in [-0.15, -0.1) is 24.0 Å². The Hall–Kier alpha value is -0.0400. The third kappa shape index (κ3) is 13.0. The molecule has 5 heteroatoms. The summed E-state index contributed by atoms with van der Waals surface area (Å²) in [5.74, 6) is 1.51. The van der Waals surface area contributed by atoms with E-state index in [9.17, 15) is 0 Å². The second kappa shape index (κ2) is 15.4. The average molecular weight is 399 g/mol. The molecule has 4 nitrogen and oxygen atoms in total. The Morgan fingerprint density at radius 3 is 2.30 bits per heavy atom. The van der Waals surface area contributed by atoms with Crippen LogP contribution < -0.4 is 10.6 Å². The molecule has 0 rings (SSSR count). The van der Waals surface area contributed by atoms with Gasteiger partial charge in [0.2, 0.25) is 0 Å². The van der Waals surface area contributed by atoms with Crippen LogP contribution in [0.25, 0.3) is 0 Å². The van der Waals surface area contributed by atoms with Crippen LogP contribution in [0.2, 0.25) is 0 Å². The molecule has 0 fully saturated rings. The molecule has 0 saturated carbocycles. The Morgan fingerprint density at radius 2 is 1.75 bits per heavy atom. The lowest BCUT2D eigenvalue weighted by molar-refractivity contribution is 0.130. The van der Waals surface area contributed by atoms with Crippen LogP contribution in [0.3, 0.4) is 0 Å². The van der Waals surface area contributed by atoms with Crippen molar-refractivity contribution in [2.75, 3.05) is 26.3 Å². The van der Waals surface area contributed by atoms with Crippen molar-refractivity contribution in [2.24, 2.45) is 10.9 Å². The zero-order chi connectivity index (χ0) is 14.5. The second-order valence-corrected chi connectivity index (χ2v) is 5.26. The molecule has 0 aliphatic heterocycles. The minimum atomic E-state index is 0. The first-order chi connectivity index (χ1) is 9.11. The number of nitrogens with one attached hydrogen (secondary N) is 2. The molecule has 0 aliphatic rings. The Bertz CT molecular complexity index is 235. The third-order valence-electron chi connectivity index (χ3n) is 3.07. The fourth-order valence-corrected chi connectivity index (χ4v) is 1.41. The summed E-state index contributed by atoms with van der Waals surface area (Å²) in [6.45, 7) is 14.3. The number of guanidine groups is 1. The van der Waals surface area contributed by atoms with E-state index in [0.717, 1.165) is 45.1 Å². The third-order valence-corrected chi connectivity index (χ3v) is 3.07. The lowest BCUT2D eigenvalue weighted by Crippen LogP contribution is -2.44. The van der Waals surface area contributed by atoms with Gasteiger partial charge in [0, 0.05) is 32.3 Å². The van der Waals surface area contributed by atoms with Gasteiger partial charge in [-0.2, -0.15) is 0 Å². The number of ether oxygens (including phenoxy) is 1. The van der Waals surface area contributed by atoms with Crippen LogP contribution in [0.1, 0.15) is 53.9 Å². The average Bonchev–Trinajstić information content (AvgIpc) is 2.37. The summed E-state index contributed by atoms with van der Waals surface area (Å²) in [6, 6.07) is 0.429. The van der Waals surface area contributed by atoms with Gasteiger partial charge in [-0.05, 0) is 32.6 Å². The summed E-state index contributed by atoms with van der Waals surface area (Å²) in [5.41, 5.74) is 0. The number of halogens is 1. The molecule has 0 bridgehead atoms. The largest absolute Gasteiger partial charge is 0.381 e. The van der Waals surface area contributed by atoms with E-state index in [1.807, 2.05) is 0 Å². The van der Waals surface area contributed by atoms with E-state index >= 15 is 0 Å². The highest BCUT2D eigenvalue weighted by molar-refractivity contribution is 14.0. The minimum Gasteiger partial charge on any atom is -0.381 e. The highest BCUT2D eigenvalue weighted by atomic mass is 127. The molecule has 0 aromatic rings. The molecule has 0 aromatic carbocycles. The molecule has 2 N–H and O–H groups in total. The van der Waals surface area contributed by atoms with Crippen LogP contribution >= 0.6 is 24.0 Å². The first-order valence-electron chi connectivity index (χ1n) is 7.74. The molecule has 0 aliphatic carbocycles. The first kappa shape index (κ1) is 22.2. The van der Waals surface area contributed by atoms with Gasteiger partial charge in [0.1, 0.15) is 0 Å². The smallest absolute Gasteiger partial charge is 0.191 e. The quantitative estimate of drug-likeness (QED) is 0.256. The molecule has 122 valence electrons. The van der Waals surface area contributed by atoms with E-state index in [2.05, 4.69) is 50.2 Å². The van der Waals surface area contributed by atoms with Gasteiger partial charge in [-0.3, -0.25) is 4.99 Å². The summed E-state index contributed by atoms with van der Waals surface area (Å²) in [5, 5.41) is 6.70. The number of nitrogens with zero attached hydrogens (tertiary/aromatic N) is 1. The molecule has 1 unspecified atom stereocenters. The zero-order valence-electron chi connectivity index (χ0n) is 13.9. The van der Waals surface area contributed by atoms with Crippen LogP contribution in [-0.2, 0) is 4.74 Å². The van der Waals surface area contributed by atoms with Crippen molar-refractivity contribution in [3.63, 3.8) is 0 Å². The monoisotopic (exact) mass is 399 g/mol. The molecule has 0 radical (unpaired) electrons. The van der Waals surface area contributed by atoms with Crippen molar-refractivity contribution >= 4 is 29.9 Å². The molecular weight excluding hydrogens is 365 g/mol. The van der Waals surface area contributed by atoms with Gasteiger partial charge in [0.05, 0.1) is 0 Å². The first-order valence-corrected chi connectivity index (χ1v) is 7.74. The molecule has 0 amide bonds. The predicted octanol–water partition coefficient (Wildman–Crippen LogP) is 3.41. The van der Waals surface area contributed by atoms with Gasteiger partial charge in [-0.25, -0.2) is 0 Å². The van der Waals surface area contributed by atoms with E-state index in [0.29, 0.717) is 12.0 Å². The number of rotatable bonds is 10. The SMILES string of the molecule is CCCCOCCCN=C(NCC)NC(C)C(C)C.I. The Kier molecular flexibility index (Phi) is 17.1. The van der Waals surface area contributed by atoms with Crippen LogP contribution in [0.5, 0.6) is 0 Å². The standard InChI is InChI=1S/C15H33N3O.HI/c1-6-8-11-19-12-9-10-17-15(16-7-2)18-14(5)13(3)4;/h13-14H,6-12H2,1-5H3,(H2,16,17,18);1H. The number of aliphatic imine (C=N–C) groups is 1. The fourth-order valence-electron chi connectivity index (χ4n) is 1.41. The highest BCUT2D eigenvalue weighted by Gasteiger charge is 2.08. The maximum atomic E-state index is 5.53. The Morgan fingerprint density at radius 1 is 1.10 bits per heavy atom. The van der Waals surface area contributed by atoms with Crippen molar-refractivity contribution in [3.8, 4) is 0 Å². The highest BCUT2D eigenvalue weighted by Crippen LogP contribution is 1.99. The summed E-state index contributed by atoms with van der Waals surface area (Å²) >= 11 is 0. The Labute approximate surface area is 142 Å². The van der Waals surface area contributed by atoms with E-state index in [1.165, 1.54) is 6.42 Å². The van der Waals surface area contributed by atoms with Crippen LogP contribution in [-0.4, -0.2) is 38.3 Å². The molecule has 1 atom stereocenters. The van der Waals surface area contributed by atoms with Crippen LogP contribution in [0.15, 0.2) is 4.99 Å². The predicted molar refractivity (Wildman–Crippen MR) is 99.2 cm³/mol. The lowest BCUT2D eigenvalue weighted by atomic mass is 10.1. The van der Waals surface area contributed by atoms with Crippen LogP contribution in [0.4, 0.5) is 0 Å². The zero-order valence-corrected chi connectivity index (χ0v) is 16.2. The van der Waals surface area contributed by atoms with Crippen molar-refractivity contribution in [2.45, 2.75) is 59.9 Å². The van der Waals surface area contributed by atoms with Gasteiger partial charge >= 0.3 is 0 Å². The summed E-state index contributed by atoms with van der Waals surface area (Å²) in [4.78, 5) is 4.57. The van der Waals surface area contributed by atoms with Crippen molar-refractivity contribution < 1.29 is 4.74 Å². The number of hydrogen-bond donors (Lipinski definition) is 2. The van der Waals surface area contributed by atoms with E-state index in [4.69, 9.17) is 4.74 Å². The molecule has 0 aromatic heterocycles. The molecule has 0 heterocycles. The molecule has 20 heavy (non-hydrogen) atoms. The van der Waals surface area contributed by atoms with Crippen LogP contribution in [0, 0.1) is 5.92 Å². The maximum Gasteiger partial charge on any atom is 0.191 e. The summed E-state index contributed by atoms with van der Waals surface area (Å²) in [6.07, 6.45) is 3.33. The van der Waals surface area contributed by atoms with E-state index in [-0.39, 0.29) is 24.0 Å². The maximum absolute atomic E-state index is 5.53. The fraction of sp³-hybridized carbons (Fsp3) is 0.933. The molecule has 0 spiro atoms. The topological polar surface area (TPSA) is 45.6 Å². The van der Waals surface area contributed by atoms with Crippen molar-refractivity contribution in [3.05, 3.63) is 0 Å². The second-order valence-electron chi connectivity index (χ2n) is 5.26. The van der Waals surface area contributed by atoms with E-state index < -0.39 is 0 Å². The minimum absolute atomic E-state index is 0. The van der Waals surface area contributed by atoms with Gasteiger partial charge in [0.15, 0.2) is 5.96 Å². The van der Waals surface area contributed by atoms with Gasteiger partial charge in [-0.1, -0.05) is 27.2 Å². The lowest BCUT2D eigenvalue weighted by Gasteiger charge is -2.20. The Balaban J connectivity index is 0. The molecular formula is C15H34IN3O. The van der Waals surface area contributed by atoms with E-state index in [1.54, 1.807) is 0 Å². The summed E-state index contributed by atoms with van der Waals surface area (Å²) in [7, 11) is 0. The summed E-state index contributed by atoms with van der Waals surface area (Å²) < 4.78 is 5.53. The normalized spacial score (nSPS) is 13.0. The molecule has 0 saturated heterocycles. The van der Waals surface area contributed by atoms with Gasteiger partial charge < -0.3 is 15.4 Å².